The minimum absolute atomic E-state index is 0.625. The van der Waals surface area contributed by atoms with Crippen LogP contribution in [0.5, 0.6) is 0 Å². The van der Waals surface area contributed by atoms with E-state index in [1.54, 1.807) is 0 Å². The Hall–Kier alpha value is 0.140. The molecule has 0 atom stereocenters. The van der Waals surface area contributed by atoms with E-state index < -0.39 is 22.8 Å². The van der Waals surface area contributed by atoms with Gasteiger partial charge in [0.2, 0.25) is 0 Å². The molecular formula is C3H9O4PS. The van der Waals surface area contributed by atoms with Gasteiger partial charge in [0.05, 0.1) is 7.14 Å². The molecule has 0 fully saturated rings. The molecule has 0 bridgehead atoms. The van der Waals surface area contributed by atoms with Gasteiger partial charge in [0.15, 0.2) is 0 Å². The molecule has 0 aliphatic heterocycles. The van der Waals surface area contributed by atoms with Gasteiger partial charge in [0.1, 0.15) is 5.49 Å². The first-order valence-electron chi connectivity index (χ1n) is 2.20. The fraction of sp³-hybridized carbons (Fsp3) is 1.00. The second kappa shape index (κ2) is 2.40. The summed E-state index contributed by atoms with van der Waals surface area (Å²) >= 11 is 0. The minimum atomic E-state index is -4.04. The molecule has 0 unspecified atom stereocenters. The Morgan fingerprint density at radius 1 is 1.44 bits per heavy atom. The van der Waals surface area contributed by atoms with Crippen LogP contribution in [0.25, 0.3) is 0 Å². The monoisotopic (exact) mass is 172 g/mol. The summed E-state index contributed by atoms with van der Waals surface area (Å²) in [6.45, 7) is 2.61. The van der Waals surface area contributed by atoms with E-state index in [2.05, 4.69) is 0 Å². The first kappa shape index (κ1) is 9.14. The maximum Gasteiger partial charge on any atom is 0.271 e. The Bertz CT molecular complexity index is 222. The number of hydrogen-bond donors (Lipinski definition) is 1. The molecule has 0 aromatic carbocycles. The van der Waals surface area contributed by atoms with Crippen molar-refractivity contribution in [1.82, 2.24) is 0 Å². The molecule has 0 saturated carbocycles. The molecule has 0 rings (SSSR count). The maximum absolute atomic E-state index is 10.7. The standard InChI is InChI=1S/C3H9O4PS/c1-8(2,4)3-9(5,6)7/h3H2,1-2H3,(H,5,6,7). The van der Waals surface area contributed by atoms with Crippen LogP contribution >= 0.6 is 7.14 Å². The highest BCUT2D eigenvalue weighted by Gasteiger charge is 2.16. The first-order valence-corrected chi connectivity index (χ1v) is 6.59. The van der Waals surface area contributed by atoms with Crippen molar-refractivity contribution >= 4 is 17.3 Å². The molecule has 0 saturated heterocycles. The molecule has 0 heterocycles. The Balaban J connectivity index is 4.26. The SMILES string of the molecule is CP(C)(=O)CS(=O)(=O)O. The van der Waals surface area contributed by atoms with Gasteiger partial charge >= 0.3 is 0 Å². The second-order valence-corrected chi connectivity index (χ2v) is 7.63. The zero-order valence-electron chi connectivity index (χ0n) is 5.23. The van der Waals surface area contributed by atoms with Crippen LogP contribution in [0.3, 0.4) is 0 Å². The van der Waals surface area contributed by atoms with Crippen molar-refractivity contribution in [2.24, 2.45) is 0 Å². The zero-order valence-corrected chi connectivity index (χ0v) is 6.95. The third-order valence-corrected chi connectivity index (χ3v) is 4.27. The van der Waals surface area contributed by atoms with Crippen molar-refractivity contribution in [3.8, 4) is 0 Å². The van der Waals surface area contributed by atoms with Gasteiger partial charge in [0.25, 0.3) is 10.1 Å². The molecule has 4 nitrogen and oxygen atoms in total. The largest absolute Gasteiger partial charge is 0.323 e. The van der Waals surface area contributed by atoms with Crippen molar-refractivity contribution in [1.29, 1.82) is 0 Å². The highest BCUT2D eigenvalue weighted by molar-refractivity contribution is 7.94. The van der Waals surface area contributed by atoms with Crippen LogP contribution in [-0.4, -0.2) is 31.8 Å². The van der Waals surface area contributed by atoms with Gasteiger partial charge < -0.3 is 4.57 Å². The molecule has 0 amide bonds. The molecule has 0 aliphatic carbocycles. The van der Waals surface area contributed by atoms with Crippen LogP contribution in [-0.2, 0) is 14.7 Å². The van der Waals surface area contributed by atoms with Crippen molar-refractivity contribution in [2.75, 3.05) is 18.8 Å². The van der Waals surface area contributed by atoms with E-state index >= 15 is 0 Å². The van der Waals surface area contributed by atoms with E-state index in [9.17, 15) is 13.0 Å². The minimum Gasteiger partial charge on any atom is -0.323 e. The molecule has 0 spiro atoms. The summed E-state index contributed by atoms with van der Waals surface area (Å²) in [5, 5.41) is 0. The Morgan fingerprint density at radius 3 is 1.78 bits per heavy atom. The fourth-order valence-corrected chi connectivity index (χ4v) is 3.54. The molecule has 0 aromatic heterocycles. The van der Waals surface area contributed by atoms with Gasteiger partial charge in [-0.3, -0.25) is 4.55 Å². The van der Waals surface area contributed by atoms with E-state index in [0.717, 1.165) is 0 Å². The maximum atomic E-state index is 10.7. The Morgan fingerprint density at radius 2 is 1.78 bits per heavy atom. The quantitative estimate of drug-likeness (QED) is 0.485. The first-order chi connectivity index (χ1) is 3.71. The van der Waals surface area contributed by atoms with E-state index in [1.165, 1.54) is 13.3 Å². The van der Waals surface area contributed by atoms with Crippen LogP contribution in [0.4, 0.5) is 0 Å². The Kier molecular flexibility index (Phi) is 2.44. The van der Waals surface area contributed by atoms with Crippen molar-refractivity contribution < 1.29 is 17.5 Å². The third kappa shape index (κ3) is 8.14. The van der Waals surface area contributed by atoms with Crippen molar-refractivity contribution in [2.45, 2.75) is 0 Å². The van der Waals surface area contributed by atoms with Crippen LogP contribution in [0.2, 0.25) is 0 Å². The smallest absolute Gasteiger partial charge is 0.271 e. The van der Waals surface area contributed by atoms with Crippen LogP contribution in [0, 0.1) is 0 Å². The highest BCUT2D eigenvalue weighted by Crippen LogP contribution is 2.36. The normalized spacial score (nSPS) is 13.7. The highest BCUT2D eigenvalue weighted by atomic mass is 32.2. The topological polar surface area (TPSA) is 71.4 Å². The van der Waals surface area contributed by atoms with Gasteiger partial charge in [-0.15, -0.1) is 0 Å². The fourth-order valence-electron chi connectivity index (χ4n) is 0.393. The molecule has 0 radical (unpaired) electrons. The Labute approximate surface area is 54.4 Å². The van der Waals surface area contributed by atoms with Gasteiger partial charge in [-0.1, -0.05) is 0 Å². The lowest BCUT2D eigenvalue weighted by molar-refractivity contribution is 0.487. The molecule has 56 valence electrons. The number of rotatable bonds is 2. The van der Waals surface area contributed by atoms with Gasteiger partial charge in [-0.05, 0) is 13.3 Å². The average Bonchev–Trinajstić information content (AvgIpc) is 1.14. The molecular weight excluding hydrogens is 163 g/mol. The summed E-state index contributed by atoms with van der Waals surface area (Å²) in [6.07, 6.45) is 0. The lowest BCUT2D eigenvalue weighted by Gasteiger charge is -2.00. The lowest BCUT2D eigenvalue weighted by atomic mass is 11.8. The van der Waals surface area contributed by atoms with Crippen molar-refractivity contribution in [3.63, 3.8) is 0 Å². The summed E-state index contributed by atoms with van der Waals surface area (Å²) < 4.78 is 38.9. The van der Waals surface area contributed by atoms with Crippen LogP contribution in [0.1, 0.15) is 0 Å². The van der Waals surface area contributed by atoms with Gasteiger partial charge in [0, 0.05) is 0 Å². The van der Waals surface area contributed by atoms with Crippen LogP contribution < -0.4 is 0 Å². The van der Waals surface area contributed by atoms with Crippen LogP contribution in [0.15, 0.2) is 0 Å². The lowest BCUT2D eigenvalue weighted by Crippen LogP contribution is -2.02. The molecule has 1 N–H and O–H groups in total. The summed E-state index contributed by atoms with van der Waals surface area (Å²) in [6, 6.07) is 0. The van der Waals surface area contributed by atoms with Gasteiger partial charge in [-0.25, -0.2) is 0 Å². The molecule has 0 aromatic rings. The van der Waals surface area contributed by atoms with E-state index in [1.807, 2.05) is 0 Å². The van der Waals surface area contributed by atoms with E-state index in [0.29, 0.717) is 0 Å². The molecule has 6 heteroatoms. The van der Waals surface area contributed by atoms with Crippen molar-refractivity contribution in [3.05, 3.63) is 0 Å². The third-order valence-electron chi connectivity index (χ3n) is 0.474. The zero-order chi connectivity index (χ0) is 7.71. The summed E-state index contributed by atoms with van der Waals surface area (Å²) in [5.74, 6) is 0. The number of hydrogen-bond acceptors (Lipinski definition) is 3. The summed E-state index contributed by atoms with van der Waals surface area (Å²) in [7, 11) is -6.67. The predicted molar refractivity (Wildman–Crippen MR) is 35.9 cm³/mol. The van der Waals surface area contributed by atoms with E-state index in [4.69, 9.17) is 4.55 Å². The average molecular weight is 172 g/mol. The summed E-state index contributed by atoms with van der Waals surface area (Å²) in [5.41, 5.74) is -0.625. The van der Waals surface area contributed by atoms with Gasteiger partial charge in [-0.2, -0.15) is 8.42 Å². The second-order valence-electron chi connectivity index (χ2n) is 2.28. The predicted octanol–water partition coefficient (Wildman–Crippen LogP) is 0.454. The van der Waals surface area contributed by atoms with E-state index in [-0.39, 0.29) is 0 Å². The molecule has 0 aliphatic rings. The summed E-state index contributed by atoms with van der Waals surface area (Å²) in [4.78, 5) is 0. The molecule has 9 heavy (non-hydrogen) atoms.